The summed E-state index contributed by atoms with van der Waals surface area (Å²) in [7, 11) is -0.974. The number of ether oxygens (including phenoxy) is 2. The number of hydrogen-bond donors (Lipinski definition) is 2. The molecule has 7 nitrogen and oxygen atoms in total. The molecule has 3 aromatic carbocycles. The molecular formula is C25H28N2O5S. The van der Waals surface area contributed by atoms with Crippen LogP contribution >= 0.6 is 0 Å². The molecule has 2 N–H and O–H groups in total. The lowest BCUT2D eigenvalue weighted by atomic mass is 10.1. The van der Waals surface area contributed by atoms with Crippen molar-refractivity contribution in [1.82, 2.24) is 5.32 Å². The first-order valence-electron chi connectivity index (χ1n) is 10.6. The summed E-state index contributed by atoms with van der Waals surface area (Å²) < 4.78 is 39.0. The molecule has 0 aliphatic carbocycles. The molecule has 0 radical (unpaired) electrons. The van der Waals surface area contributed by atoms with Crippen LogP contribution in [0.15, 0.2) is 71.6 Å². The van der Waals surface area contributed by atoms with Gasteiger partial charge in [0.1, 0.15) is 16.4 Å². The molecule has 0 fully saturated rings. The zero-order valence-corrected chi connectivity index (χ0v) is 19.7. The Morgan fingerprint density at radius 2 is 1.55 bits per heavy atom. The van der Waals surface area contributed by atoms with Crippen LogP contribution in [0.4, 0.5) is 5.69 Å². The maximum Gasteiger partial charge on any atom is 0.265 e. The zero-order chi connectivity index (χ0) is 23.8. The predicted molar refractivity (Wildman–Crippen MR) is 129 cm³/mol. The van der Waals surface area contributed by atoms with Gasteiger partial charge < -0.3 is 14.8 Å². The fourth-order valence-electron chi connectivity index (χ4n) is 3.26. The van der Waals surface area contributed by atoms with Crippen molar-refractivity contribution in [1.29, 1.82) is 0 Å². The average Bonchev–Trinajstić information content (AvgIpc) is 2.84. The fraction of sp³-hybridized carbons (Fsp3) is 0.240. The summed E-state index contributed by atoms with van der Waals surface area (Å²) in [5.41, 5.74) is 2.81. The van der Waals surface area contributed by atoms with E-state index in [9.17, 15) is 13.2 Å². The Hall–Kier alpha value is -3.52. The average molecular weight is 469 g/mol. The third-order valence-electron chi connectivity index (χ3n) is 5.19. The van der Waals surface area contributed by atoms with Gasteiger partial charge in [0.2, 0.25) is 0 Å². The number of methoxy groups -OCH3 is 2. The first-order chi connectivity index (χ1) is 15.9. The van der Waals surface area contributed by atoms with Gasteiger partial charge in [-0.15, -0.1) is 0 Å². The highest BCUT2D eigenvalue weighted by atomic mass is 32.2. The number of sulfonamides is 1. The third-order valence-corrected chi connectivity index (χ3v) is 6.59. The van der Waals surface area contributed by atoms with E-state index in [-0.39, 0.29) is 22.1 Å². The van der Waals surface area contributed by atoms with E-state index in [0.29, 0.717) is 18.7 Å². The lowest BCUT2D eigenvalue weighted by Crippen LogP contribution is -2.26. The smallest absolute Gasteiger partial charge is 0.265 e. The number of rotatable bonds is 10. The van der Waals surface area contributed by atoms with E-state index in [1.54, 1.807) is 19.2 Å². The number of carbonyl (C=O) groups excluding carboxylic acids is 1. The van der Waals surface area contributed by atoms with Crippen molar-refractivity contribution in [3.8, 4) is 11.5 Å². The molecule has 0 saturated heterocycles. The molecule has 33 heavy (non-hydrogen) atoms. The number of hydrogen-bond acceptors (Lipinski definition) is 5. The summed E-state index contributed by atoms with van der Waals surface area (Å²) in [5, 5.41) is 2.83. The van der Waals surface area contributed by atoms with Gasteiger partial charge in [0.15, 0.2) is 0 Å². The monoisotopic (exact) mass is 468 g/mol. The predicted octanol–water partition coefficient (Wildman–Crippen LogP) is 4.04. The van der Waals surface area contributed by atoms with Gasteiger partial charge >= 0.3 is 0 Å². The van der Waals surface area contributed by atoms with Crippen molar-refractivity contribution in [2.75, 3.05) is 25.5 Å². The van der Waals surface area contributed by atoms with Gasteiger partial charge in [0, 0.05) is 17.8 Å². The zero-order valence-electron chi connectivity index (χ0n) is 18.9. The van der Waals surface area contributed by atoms with Crippen molar-refractivity contribution >= 4 is 21.6 Å². The summed E-state index contributed by atoms with van der Waals surface area (Å²) in [6.45, 7) is 2.43. The van der Waals surface area contributed by atoms with Crippen LogP contribution in [0.1, 0.15) is 28.4 Å². The minimum absolute atomic E-state index is 0.104. The van der Waals surface area contributed by atoms with E-state index in [1.165, 1.54) is 25.3 Å². The largest absolute Gasteiger partial charge is 0.497 e. The van der Waals surface area contributed by atoms with Crippen molar-refractivity contribution < 1.29 is 22.7 Å². The molecule has 0 unspecified atom stereocenters. The maximum absolute atomic E-state index is 13.0. The molecule has 0 bridgehead atoms. The normalized spacial score (nSPS) is 11.0. The van der Waals surface area contributed by atoms with Crippen LogP contribution in [0.3, 0.4) is 0 Å². The van der Waals surface area contributed by atoms with E-state index in [0.717, 1.165) is 23.3 Å². The molecule has 0 aliphatic heterocycles. The molecule has 174 valence electrons. The number of amides is 1. The standard InChI is InChI=1S/C25H28N2O5S/c1-4-18-5-10-21(11-6-18)27-33(29,30)24-17-20(9-14-23(24)32-3)25(28)26-16-15-19-7-12-22(31-2)13-8-19/h5-14,17,27H,4,15-16H2,1-3H3,(H,26,28). The van der Waals surface area contributed by atoms with Gasteiger partial charge in [0.25, 0.3) is 15.9 Å². The molecule has 3 aromatic rings. The summed E-state index contributed by atoms with van der Waals surface area (Å²) in [6, 6.07) is 19.1. The van der Waals surface area contributed by atoms with Crippen LogP contribution in [0, 0.1) is 0 Å². The highest BCUT2D eigenvalue weighted by molar-refractivity contribution is 7.92. The van der Waals surface area contributed by atoms with Crippen LogP contribution in [0.5, 0.6) is 11.5 Å². The Balaban J connectivity index is 1.72. The second kappa shape index (κ2) is 10.9. The van der Waals surface area contributed by atoms with Crippen LogP contribution in [0.25, 0.3) is 0 Å². The fourth-order valence-corrected chi connectivity index (χ4v) is 4.52. The van der Waals surface area contributed by atoms with Gasteiger partial charge in [-0.2, -0.15) is 0 Å². The second-order valence-electron chi connectivity index (χ2n) is 7.38. The molecule has 0 atom stereocenters. The summed E-state index contributed by atoms with van der Waals surface area (Å²) in [4.78, 5) is 12.6. The van der Waals surface area contributed by atoms with Crippen LogP contribution < -0.4 is 19.5 Å². The van der Waals surface area contributed by atoms with Gasteiger partial charge in [-0.05, 0) is 66.4 Å². The highest BCUT2D eigenvalue weighted by Gasteiger charge is 2.22. The van der Waals surface area contributed by atoms with E-state index in [4.69, 9.17) is 9.47 Å². The lowest BCUT2D eigenvalue weighted by Gasteiger charge is -2.13. The molecule has 0 aliphatic rings. The highest BCUT2D eigenvalue weighted by Crippen LogP contribution is 2.27. The van der Waals surface area contributed by atoms with Crippen molar-refractivity contribution in [3.63, 3.8) is 0 Å². The maximum atomic E-state index is 13.0. The number of aryl methyl sites for hydroxylation is 1. The molecule has 8 heteroatoms. The van der Waals surface area contributed by atoms with Crippen LogP contribution in [0.2, 0.25) is 0 Å². The number of anilines is 1. The van der Waals surface area contributed by atoms with Crippen molar-refractivity contribution in [2.24, 2.45) is 0 Å². The van der Waals surface area contributed by atoms with Gasteiger partial charge in [0.05, 0.1) is 14.2 Å². The third kappa shape index (κ3) is 6.26. The van der Waals surface area contributed by atoms with E-state index in [2.05, 4.69) is 10.0 Å². The first-order valence-corrected chi connectivity index (χ1v) is 12.1. The number of carbonyl (C=O) groups is 1. The van der Waals surface area contributed by atoms with Crippen molar-refractivity contribution in [3.05, 3.63) is 83.4 Å². The summed E-state index contributed by atoms with van der Waals surface area (Å²) >= 11 is 0. The molecule has 1 amide bonds. The Morgan fingerprint density at radius 1 is 0.879 bits per heavy atom. The Labute approximate surface area is 194 Å². The molecule has 0 spiro atoms. The molecule has 0 aromatic heterocycles. The minimum Gasteiger partial charge on any atom is -0.497 e. The topological polar surface area (TPSA) is 93.7 Å². The van der Waals surface area contributed by atoms with Gasteiger partial charge in [-0.3, -0.25) is 9.52 Å². The van der Waals surface area contributed by atoms with Crippen LogP contribution in [-0.2, 0) is 22.9 Å². The molecular weight excluding hydrogens is 440 g/mol. The van der Waals surface area contributed by atoms with Gasteiger partial charge in [-0.25, -0.2) is 8.42 Å². The second-order valence-corrected chi connectivity index (χ2v) is 9.03. The van der Waals surface area contributed by atoms with Crippen LogP contribution in [-0.4, -0.2) is 35.1 Å². The minimum atomic E-state index is -3.97. The summed E-state index contributed by atoms with van der Waals surface area (Å²) in [6.07, 6.45) is 1.49. The van der Waals surface area contributed by atoms with E-state index < -0.39 is 10.0 Å². The lowest BCUT2D eigenvalue weighted by molar-refractivity contribution is 0.0954. The summed E-state index contributed by atoms with van der Waals surface area (Å²) in [5.74, 6) is 0.557. The quantitative estimate of drug-likeness (QED) is 0.468. The number of benzene rings is 3. The Bertz CT molecular complexity index is 1190. The Kier molecular flexibility index (Phi) is 7.95. The molecule has 3 rings (SSSR count). The Morgan fingerprint density at radius 3 is 2.15 bits per heavy atom. The number of nitrogens with one attached hydrogen (secondary N) is 2. The van der Waals surface area contributed by atoms with E-state index >= 15 is 0 Å². The molecule has 0 saturated carbocycles. The van der Waals surface area contributed by atoms with E-state index in [1.807, 2.05) is 43.3 Å². The first kappa shape index (κ1) is 24.1. The SMILES string of the molecule is CCc1ccc(NS(=O)(=O)c2cc(C(=O)NCCc3ccc(OC)cc3)ccc2OC)cc1. The van der Waals surface area contributed by atoms with Crippen molar-refractivity contribution in [2.45, 2.75) is 24.7 Å². The molecule has 0 heterocycles. The van der Waals surface area contributed by atoms with Gasteiger partial charge in [-0.1, -0.05) is 31.2 Å².